The molecule has 1 aliphatic carbocycles. The smallest absolute Gasteiger partial charge is 0.243 e. The summed E-state index contributed by atoms with van der Waals surface area (Å²) in [6.07, 6.45) is 0.729. The predicted octanol–water partition coefficient (Wildman–Crippen LogP) is 0.833. The van der Waals surface area contributed by atoms with Crippen LogP contribution in [0.15, 0.2) is 23.1 Å². The molecule has 0 heterocycles. The molecule has 0 atom stereocenters. The lowest BCUT2D eigenvalue weighted by atomic mass is 9.83. The molecule has 1 aromatic carbocycles. The van der Waals surface area contributed by atoms with Gasteiger partial charge in [0.1, 0.15) is 10.7 Å². The second-order valence-electron chi connectivity index (χ2n) is 5.17. The minimum Gasteiger partial charge on any atom is -0.393 e. The second kappa shape index (κ2) is 6.08. The van der Waals surface area contributed by atoms with E-state index in [9.17, 15) is 17.6 Å². The molecule has 1 fully saturated rings. The van der Waals surface area contributed by atoms with Gasteiger partial charge in [-0.15, -0.1) is 0 Å². The van der Waals surface area contributed by atoms with Crippen molar-refractivity contribution in [2.75, 3.05) is 11.9 Å². The van der Waals surface area contributed by atoms with Crippen LogP contribution in [-0.2, 0) is 14.8 Å². The first-order valence-electron chi connectivity index (χ1n) is 6.53. The maximum atomic E-state index is 13.9. The zero-order valence-corrected chi connectivity index (χ0v) is 12.3. The maximum Gasteiger partial charge on any atom is 0.243 e. The van der Waals surface area contributed by atoms with Gasteiger partial charge in [0.15, 0.2) is 0 Å². The summed E-state index contributed by atoms with van der Waals surface area (Å²) in [5.74, 6) is -1.22. The van der Waals surface area contributed by atoms with Crippen molar-refractivity contribution in [3.8, 4) is 0 Å². The first kappa shape index (κ1) is 15.9. The molecule has 1 aromatic rings. The topological polar surface area (TPSA) is 95.5 Å². The highest BCUT2D eigenvalue weighted by Gasteiger charge is 2.29. The van der Waals surface area contributed by atoms with Gasteiger partial charge in [-0.1, -0.05) is 0 Å². The lowest BCUT2D eigenvalue weighted by Crippen LogP contribution is -2.38. The molecule has 1 aliphatic rings. The minimum absolute atomic E-state index is 0.0801. The quantitative estimate of drug-likeness (QED) is 0.750. The molecule has 8 heteroatoms. The fourth-order valence-corrected chi connectivity index (χ4v) is 3.35. The Hall–Kier alpha value is -1.51. The fraction of sp³-hybridized carbons (Fsp3) is 0.462. The van der Waals surface area contributed by atoms with E-state index in [1.807, 2.05) is 0 Å². The zero-order chi connectivity index (χ0) is 15.6. The molecule has 0 bridgehead atoms. The van der Waals surface area contributed by atoms with Crippen molar-refractivity contribution in [2.45, 2.75) is 30.8 Å². The van der Waals surface area contributed by atoms with Gasteiger partial charge in [-0.05, 0) is 37.0 Å². The molecule has 6 nitrogen and oxygen atoms in total. The van der Waals surface area contributed by atoms with E-state index < -0.39 is 20.7 Å². The minimum atomic E-state index is -3.94. The van der Waals surface area contributed by atoms with Crippen LogP contribution in [0.3, 0.4) is 0 Å². The largest absolute Gasteiger partial charge is 0.393 e. The van der Waals surface area contributed by atoms with Crippen LogP contribution in [0.2, 0.25) is 0 Å². The highest BCUT2D eigenvalue weighted by molar-refractivity contribution is 7.89. The Morgan fingerprint density at radius 3 is 2.62 bits per heavy atom. The molecule has 0 saturated heterocycles. The molecular formula is C13H17FN2O4S. The van der Waals surface area contributed by atoms with E-state index in [4.69, 9.17) is 5.11 Å². The maximum absolute atomic E-state index is 13.9. The molecule has 0 aromatic heterocycles. The van der Waals surface area contributed by atoms with Crippen LogP contribution in [0.5, 0.6) is 0 Å². The molecular weight excluding hydrogens is 299 g/mol. The Balaban J connectivity index is 2.06. The van der Waals surface area contributed by atoms with Gasteiger partial charge in [0.2, 0.25) is 15.9 Å². The summed E-state index contributed by atoms with van der Waals surface area (Å²) in [7, 11) is -3.94. The molecule has 0 unspecified atom stereocenters. The molecule has 0 spiro atoms. The Kier molecular flexibility index (Phi) is 4.60. The molecule has 21 heavy (non-hydrogen) atoms. The zero-order valence-electron chi connectivity index (χ0n) is 11.5. The summed E-state index contributed by atoms with van der Waals surface area (Å²) in [4.78, 5) is 10.4. The molecule has 0 aliphatic heterocycles. The summed E-state index contributed by atoms with van der Waals surface area (Å²) < 4.78 is 40.2. The number of amides is 1. The number of halogens is 1. The summed E-state index contributed by atoms with van der Waals surface area (Å²) in [6.45, 7) is 1.45. The van der Waals surface area contributed by atoms with E-state index in [0.29, 0.717) is 12.8 Å². The van der Waals surface area contributed by atoms with Crippen molar-refractivity contribution in [2.24, 2.45) is 5.92 Å². The number of hydrogen-bond acceptors (Lipinski definition) is 4. The number of carbonyl (C=O) groups is 1. The fourth-order valence-electron chi connectivity index (χ4n) is 2.17. The predicted molar refractivity (Wildman–Crippen MR) is 74.6 cm³/mol. The van der Waals surface area contributed by atoms with Crippen LogP contribution in [0.4, 0.5) is 10.1 Å². The number of benzene rings is 1. The Labute approximate surface area is 122 Å². The first-order chi connectivity index (χ1) is 9.78. The number of aliphatic hydroxyl groups is 1. The summed E-state index contributed by atoms with van der Waals surface area (Å²) in [6, 6.07) is 3.40. The van der Waals surface area contributed by atoms with Crippen molar-refractivity contribution < 1.29 is 22.7 Å². The Bertz CT molecular complexity index is 642. The van der Waals surface area contributed by atoms with Crippen molar-refractivity contribution in [1.82, 2.24) is 4.72 Å². The second-order valence-corrected chi connectivity index (χ2v) is 6.90. The van der Waals surface area contributed by atoms with Crippen molar-refractivity contribution >= 4 is 21.6 Å². The van der Waals surface area contributed by atoms with Crippen molar-refractivity contribution in [3.63, 3.8) is 0 Å². The van der Waals surface area contributed by atoms with Crippen molar-refractivity contribution in [3.05, 3.63) is 24.0 Å². The third-order valence-electron chi connectivity index (χ3n) is 3.31. The number of sulfonamides is 1. The first-order valence-corrected chi connectivity index (χ1v) is 8.01. The number of hydrogen-bond donors (Lipinski definition) is 3. The number of anilines is 1. The van der Waals surface area contributed by atoms with Crippen LogP contribution in [-0.4, -0.2) is 32.1 Å². The van der Waals surface area contributed by atoms with Gasteiger partial charge in [0, 0.05) is 19.2 Å². The average Bonchev–Trinajstić information content (AvgIpc) is 2.32. The van der Waals surface area contributed by atoms with Gasteiger partial charge in [-0.3, -0.25) is 4.79 Å². The van der Waals surface area contributed by atoms with Crippen molar-refractivity contribution in [1.29, 1.82) is 0 Å². The van der Waals surface area contributed by atoms with Gasteiger partial charge >= 0.3 is 0 Å². The van der Waals surface area contributed by atoms with Crippen LogP contribution in [0.25, 0.3) is 0 Å². The number of nitrogens with one attached hydrogen (secondary N) is 2. The Morgan fingerprint density at radius 2 is 2.10 bits per heavy atom. The lowest BCUT2D eigenvalue weighted by Gasteiger charge is -2.31. The van der Waals surface area contributed by atoms with E-state index in [2.05, 4.69) is 10.0 Å². The Morgan fingerprint density at radius 1 is 1.43 bits per heavy atom. The molecule has 1 saturated carbocycles. The normalized spacial score (nSPS) is 21.7. The molecule has 3 N–H and O–H groups in total. The van der Waals surface area contributed by atoms with Gasteiger partial charge in [0.25, 0.3) is 0 Å². The average molecular weight is 316 g/mol. The van der Waals surface area contributed by atoms with Gasteiger partial charge in [-0.2, -0.15) is 0 Å². The van der Waals surface area contributed by atoms with Gasteiger partial charge < -0.3 is 10.4 Å². The number of rotatable bonds is 5. The van der Waals surface area contributed by atoms with Crippen LogP contribution in [0, 0.1) is 11.7 Å². The molecule has 1 amide bonds. The van der Waals surface area contributed by atoms with E-state index in [1.54, 1.807) is 0 Å². The SMILES string of the molecule is CC(=O)Nc1ccc(S(=O)(=O)NCC2CC(O)C2)c(F)c1. The summed E-state index contributed by atoms with van der Waals surface area (Å²) in [5.41, 5.74) is 0.195. The van der Waals surface area contributed by atoms with Crippen LogP contribution in [0.1, 0.15) is 19.8 Å². The van der Waals surface area contributed by atoms with Gasteiger partial charge in [0.05, 0.1) is 6.10 Å². The number of carbonyl (C=O) groups excluding carboxylic acids is 1. The van der Waals surface area contributed by atoms with Gasteiger partial charge in [-0.25, -0.2) is 17.5 Å². The summed E-state index contributed by atoms with van der Waals surface area (Å²) >= 11 is 0. The van der Waals surface area contributed by atoms with E-state index in [1.165, 1.54) is 13.0 Å². The van der Waals surface area contributed by atoms with E-state index in [-0.39, 0.29) is 30.2 Å². The van der Waals surface area contributed by atoms with E-state index >= 15 is 0 Å². The highest BCUT2D eigenvalue weighted by Crippen LogP contribution is 2.27. The summed E-state index contributed by atoms with van der Waals surface area (Å²) in [5, 5.41) is 11.5. The third-order valence-corrected chi connectivity index (χ3v) is 4.77. The third kappa shape index (κ3) is 3.99. The van der Waals surface area contributed by atoms with Crippen LogP contribution < -0.4 is 10.0 Å². The molecule has 2 rings (SSSR count). The van der Waals surface area contributed by atoms with Crippen LogP contribution >= 0.6 is 0 Å². The highest BCUT2D eigenvalue weighted by atomic mass is 32.2. The monoisotopic (exact) mass is 316 g/mol. The lowest BCUT2D eigenvalue weighted by molar-refractivity contribution is -0.114. The molecule has 116 valence electrons. The molecule has 0 radical (unpaired) electrons. The van der Waals surface area contributed by atoms with E-state index in [0.717, 1.165) is 12.1 Å². The standard InChI is InChI=1S/C13H17FN2O4S/c1-8(17)16-10-2-3-13(12(14)6-10)21(19,20)15-7-9-4-11(18)5-9/h2-3,6,9,11,15,18H,4-5,7H2,1H3,(H,16,17). The number of aliphatic hydroxyl groups excluding tert-OH is 1.